The largest absolute Gasteiger partial charge is 0.385 e. The monoisotopic (exact) mass is 409 g/mol. The fourth-order valence-electron chi connectivity index (χ4n) is 3.29. The quantitative estimate of drug-likeness (QED) is 0.632. The summed E-state index contributed by atoms with van der Waals surface area (Å²) in [6.45, 7) is 4.63. The van der Waals surface area contributed by atoms with E-state index in [0.29, 0.717) is 23.0 Å². The Morgan fingerprint density at radius 3 is 2.37 bits per heavy atom. The minimum absolute atomic E-state index is 0.0593. The van der Waals surface area contributed by atoms with Crippen LogP contribution in [0.25, 0.3) is 6.08 Å². The lowest BCUT2D eigenvalue weighted by molar-refractivity contribution is 0.0150. The van der Waals surface area contributed by atoms with Crippen molar-refractivity contribution in [1.29, 1.82) is 0 Å². The van der Waals surface area contributed by atoms with Crippen molar-refractivity contribution in [3.8, 4) is 0 Å². The summed E-state index contributed by atoms with van der Waals surface area (Å²) in [5, 5.41) is 12.8. The topological polar surface area (TPSA) is 23.5 Å². The van der Waals surface area contributed by atoms with Gasteiger partial charge in [-0.1, -0.05) is 54.4 Å². The molecule has 0 saturated carbocycles. The van der Waals surface area contributed by atoms with E-state index in [1.54, 1.807) is 24.3 Å². The first-order chi connectivity index (χ1) is 12.6. The van der Waals surface area contributed by atoms with Crippen LogP contribution in [0.1, 0.15) is 25.0 Å². The zero-order valence-electron chi connectivity index (χ0n) is 16.1. The van der Waals surface area contributed by atoms with Crippen molar-refractivity contribution in [2.24, 2.45) is 5.92 Å². The number of nitrogens with zero attached hydrogens (tertiary/aromatic N) is 1. The molecule has 2 unspecified atom stereocenters. The second kappa shape index (κ2) is 9.20. The summed E-state index contributed by atoms with van der Waals surface area (Å²) in [5.74, 6) is -0.343. The highest BCUT2D eigenvalue weighted by Gasteiger charge is 2.36. The van der Waals surface area contributed by atoms with Crippen molar-refractivity contribution in [2.45, 2.75) is 25.9 Å². The molecule has 0 radical (unpaired) electrons. The van der Waals surface area contributed by atoms with E-state index >= 15 is 0 Å². The molecule has 2 atom stereocenters. The maximum absolute atomic E-state index is 13.2. The van der Waals surface area contributed by atoms with E-state index in [1.165, 1.54) is 12.1 Å². The summed E-state index contributed by atoms with van der Waals surface area (Å²) >= 11 is 12.4. The lowest BCUT2D eigenvalue weighted by Gasteiger charge is -2.37. The van der Waals surface area contributed by atoms with E-state index in [1.807, 2.05) is 45.0 Å². The molecule has 0 bridgehead atoms. The smallest absolute Gasteiger partial charge is 0.123 e. The molecule has 27 heavy (non-hydrogen) atoms. The first-order valence-electron chi connectivity index (χ1n) is 8.87. The first kappa shape index (κ1) is 21.9. The normalized spacial score (nSPS) is 15.7. The van der Waals surface area contributed by atoms with Gasteiger partial charge in [0.2, 0.25) is 0 Å². The van der Waals surface area contributed by atoms with E-state index in [9.17, 15) is 9.50 Å². The minimum Gasteiger partial charge on any atom is -0.385 e. The molecule has 2 nitrogen and oxygen atoms in total. The lowest BCUT2D eigenvalue weighted by atomic mass is 9.77. The van der Waals surface area contributed by atoms with E-state index in [0.717, 1.165) is 16.7 Å². The molecule has 2 aromatic carbocycles. The van der Waals surface area contributed by atoms with Gasteiger partial charge < -0.3 is 10.0 Å². The number of rotatable bonds is 7. The van der Waals surface area contributed by atoms with Gasteiger partial charge in [-0.3, -0.25) is 0 Å². The Morgan fingerprint density at radius 2 is 1.81 bits per heavy atom. The van der Waals surface area contributed by atoms with Crippen molar-refractivity contribution in [3.63, 3.8) is 0 Å². The third-order valence-corrected chi connectivity index (χ3v) is 5.45. The number of benzene rings is 2. The summed E-state index contributed by atoms with van der Waals surface area (Å²) < 4.78 is 13.2. The molecule has 1 N–H and O–H groups in total. The Kier molecular flexibility index (Phi) is 7.47. The van der Waals surface area contributed by atoms with Crippen molar-refractivity contribution >= 4 is 29.3 Å². The van der Waals surface area contributed by atoms with Gasteiger partial charge >= 0.3 is 0 Å². The maximum atomic E-state index is 13.2. The Bertz CT molecular complexity index is 804. The molecule has 0 saturated heterocycles. The van der Waals surface area contributed by atoms with Crippen LogP contribution < -0.4 is 0 Å². The number of aliphatic hydroxyl groups is 1. The predicted octanol–water partition coefficient (Wildman–Crippen LogP) is 5.71. The molecule has 146 valence electrons. The van der Waals surface area contributed by atoms with Crippen LogP contribution in [0, 0.1) is 11.7 Å². The number of hydrogen-bond acceptors (Lipinski definition) is 2. The predicted molar refractivity (Wildman–Crippen MR) is 113 cm³/mol. The fraction of sp³-hybridized carbons (Fsp3) is 0.364. The highest BCUT2D eigenvalue weighted by molar-refractivity contribution is 6.35. The molecule has 0 aromatic heterocycles. The van der Waals surface area contributed by atoms with Crippen LogP contribution in [0.4, 0.5) is 4.39 Å². The van der Waals surface area contributed by atoms with E-state index in [2.05, 4.69) is 0 Å². The Hall–Kier alpha value is -1.39. The second-order valence-electron chi connectivity index (χ2n) is 7.38. The molecule has 0 aliphatic heterocycles. The van der Waals surface area contributed by atoms with Crippen LogP contribution >= 0.6 is 23.2 Å². The molecule has 5 heteroatoms. The fourth-order valence-corrected chi connectivity index (χ4v) is 3.77. The average molecular weight is 410 g/mol. The third kappa shape index (κ3) is 5.79. The molecular formula is C22H26Cl2FNO. The van der Waals surface area contributed by atoms with E-state index < -0.39 is 5.60 Å². The highest BCUT2D eigenvalue weighted by atomic mass is 35.5. The molecule has 0 fully saturated rings. The molecule has 2 rings (SSSR count). The molecule has 0 aliphatic rings. The van der Waals surface area contributed by atoms with Gasteiger partial charge in [0.15, 0.2) is 0 Å². The molecule has 2 aromatic rings. The van der Waals surface area contributed by atoms with Gasteiger partial charge in [0.05, 0.1) is 5.60 Å². The minimum atomic E-state index is -1.11. The number of halogens is 3. The SMILES string of the molecule is CC(=Cc1ccc(F)cc1)C(O)(Cc1ccc(Cl)cc1Cl)C(C)CN(C)C. The van der Waals surface area contributed by atoms with Crippen LogP contribution in [-0.2, 0) is 6.42 Å². The van der Waals surface area contributed by atoms with Gasteiger partial charge in [-0.15, -0.1) is 0 Å². The van der Waals surface area contributed by atoms with E-state index in [-0.39, 0.29) is 11.7 Å². The zero-order chi connectivity index (χ0) is 20.2. The summed E-state index contributed by atoms with van der Waals surface area (Å²) in [4.78, 5) is 2.05. The zero-order valence-corrected chi connectivity index (χ0v) is 17.7. The summed E-state index contributed by atoms with van der Waals surface area (Å²) in [5.41, 5.74) is 1.36. The molecule has 0 heterocycles. The van der Waals surface area contributed by atoms with Crippen molar-refractivity contribution < 1.29 is 9.50 Å². The van der Waals surface area contributed by atoms with E-state index in [4.69, 9.17) is 23.2 Å². The van der Waals surface area contributed by atoms with Crippen LogP contribution in [-0.4, -0.2) is 36.2 Å². The molecular weight excluding hydrogens is 384 g/mol. The Morgan fingerprint density at radius 1 is 1.19 bits per heavy atom. The second-order valence-corrected chi connectivity index (χ2v) is 8.22. The van der Waals surface area contributed by atoms with Crippen LogP contribution in [0.3, 0.4) is 0 Å². The summed E-state index contributed by atoms with van der Waals surface area (Å²) in [7, 11) is 3.95. The highest BCUT2D eigenvalue weighted by Crippen LogP contribution is 2.34. The average Bonchev–Trinajstić information content (AvgIpc) is 2.58. The molecule has 0 aliphatic carbocycles. The van der Waals surface area contributed by atoms with Gasteiger partial charge in [-0.2, -0.15) is 0 Å². The number of hydrogen-bond donors (Lipinski definition) is 1. The first-order valence-corrected chi connectivity index (χ1v) is 9.63. The van der Waals surface area contributed by atoms with Crippen LogP contribution in [0.15, 0.2) is 48.0 Å². The maximum Gasteiger partial charge on any atom is 0.123 e. The van der Waals surface area contributed by atoms with Gasteiger partial charge in [0, 0.05) is 28.9 Å². The van der Waals surface area contributed by atoms with Crippen molar-refractivity contribution in [3.05, 3.63) is 75.0 Å². The Balaban J connectivity index is 2.43. The van der Waals surface area contributed by atoms with Crippen LogP contribution in [0.5, 0.6) is 0 Å². The summed E-state index contributed by atoms with van der Waals surface area (Å²) in [6, 6.07) is 11.5. The molecule has 0 spiro atoms. The van der Waals surface area contributed by atoms with Gasteiger partial charge in [-0.25, -0.2) is 4.39 Å². The Labute approximate surface area is 171 Å². The lowest BCUT2D eigenvalue weighted by Crippen LogP contribution is -2.44. The van der Waals surface area contributed by atoms with Gasteiger partial charge in [0.1, 0.15) is 5.82 Å². The van der Waals surface area contributed by atoms with Crippen molar-refractivity contribution in [2.75, 3.05) is 20.6 Å². The van der Waals surface area contributed by atoms with Gasteiger partial charge in [-0.05, 0) is 62.0 Å². The van der Waals surface area contributed by atoms with Crippen LogP contribution in [0.2, 0.25) is 10.0 Å². The molecule has 0 amide bonds. The third-order valence-electron chi connectivity index (χ3n) is 4.87. The van der Waals surface area contributed by atoms with Crippen molar-refractivity contribution in [1.82, 2.24) is 4.90 Å². The standard InChI is InChI=1S/C22H26Cl2FNO/c1-15(11-17-5-9-20(25)10-6-17)22(27,16(2)14-26(3)4)13-18-7-8-19(23)12-21(18)24/h5-12,16,27H,13-14H2,1-4H3. The summed E-state index contributed by atoms with van der Waals surface area (Å²) in [6.07, 6.45) is 2.26. The van der Waals surface area contributed by atoms with Gasteiger partial charge in [0.25, 0.3) is 0 Å².